The Bertz CT molecular complexity index is 1040. The van der Waals surface area contributed by atoms with E-state index >= 15 is 0 Å². The summed E-state index contributed by atoms with van der Waals surface area (Å²) in [5, 5.41) is 0. The average Bonchev–Trinajstić information content (AvgIpc) is 2.71. The van der Waals surface area contributed by atoms with Crippen molar-refractivity contribution in [2.45, 2.75) is 23.9 Å². The average molecular weight is 428 g/mol. The van der Waals surface area contributed by atoms with Crippen molar-refractivity contribution in [3.05, 3.63) is 59.2 Å². The van der Waals surface area contributed by atoms with Crippen LogP contribution < -0.4 is 4.90 Å². The van der Waals surface area contributed by atoms with Crippen LogP contribution in [0.2, 0.25) is 0 Å². The summed E-state index contributed by atoms with van der Waals surface area (Å²) < 4.78 is 64.4. The Labute approximate surface area is 166 Å². The van der Waals surface area contributed by atoms with Gasteiger partial charge in [0.1, 0.15) is 0 Å². The highest BCUT2D eigenvalue weighted by Gasteiger charge is 2.33. The number of carbonyl (C=O) groups is 1. The van der Waals surface area contributed by atoms with Crippen LogP contribution in [0.4, 0.5) is 18.9 Å². The molecule has 0 bridgehead atoms. The minimum absolute atomic E-state index is 0.114. The van der Waals surface area contributed by atoms with Crippen molar-refractivity contribution >= 4 is 21.6 Å². The van der Waals surface area contributed by atoms with E-state index in [1.807, 2.05) is 0 Å². The fraction of sp³-hybridized carbons (Fsp3) is 0.316. The zero-order valence-electron chi connectivity index (χ0n) is 15.7. The van der Waals surface area contributed by atoms with Crippen LogP contribution in [0.5, 0.6) is 0 Å². The van der Waals surface area contributed by atoms with E-state index < -0.39 is 27.7 Å². The van der Waals surface area contributed by atoms with E-state index in [0.717, 1.165) is 12.1 Å². The summed E-state index contributed by atoms with van der Waals surface area (Å²) in [5.74, 6) is -0.483. The number of nitrogens with zero attached hydrogens (tertiary/aromatic N) is 2. The normalized spacial score (nSPS) is 14.8. The molecule has 1 aliphatic heterocycles. The Morgan fingerprint density at radius 3 is 2.55 bits per heavy atom. The molecule has 29 heavy (non-hydrogen) atoms. The maximum atomic E-state index is 13.0. The van der Waals surface area contributed by atoms with Gasteiger partial charge in [-0.05, 0) is 54.8 Å². The first-order valence-corrected chi connectivity index (χ1v) is 10.1. The van der Waals surface area contributed by atoms with E-state index in [4.69, 9.17) is 4.84 Å². The molecule has 1 heterocycles. The van der Waals surface area contributed by atoms with Crippen LogP contribution in [0.15, 0.2) is 47.4 Å². The molecule has 0 unspecified atom stereocenters. The summed E-state index contributed by atoms with van der Waals surface area (Å²) in [6.07, 6.45) is -3.53. The minimum atomic E-state index is -4.46. The van der Waals surface area contributed by atoms with Gasteiger partial charge in [-0.15, -0.1) is 0 Å². The summed E-state index contributed by atoms with van der Waals surface area (Å²) >= 11 is 0. The SMILES string of the molecule is CON(C)S(=O)(=O)c1cccc(C(=O)N2CCCc3cc(C(F)(F)F)ccc32)c1. The van der Waals surface area contributed by atoms with Crippen molar-refractivity contribution in [2.75, 3.05) is 25.6 Å². The molecule has 156 valence electrons. The van der Waals surface area contributed by atoms with Gasteiger partial charge in [-0.3, -0.25) is 9.63 Å². The molecule has 0 aliphatic carbocycles. The lowest BCUT2D eigenvalue weighted by Crippen LogP contribution is -2.35. The Morgan fingerprint density at radius 1 is 1.17 bits per heavy atom. The molecule has 2 aromatic carbocycles. The third kappa shape index (κ3) is 4.14. The maximum Gasteiger partial charge on any atom is 0.416 e. The number of benzene rings is 2. The molecule has 0 fully saturated rings. The number of carbonyl (C=O) groups excluding carboxylic acids is 1. The second-order valence-electron chi connectivity index (χ2n) is 6.53. The van der Waals surface area contributed by atoms with Gasteiger partial charge in [0.2, 0.25) is 0 Å². The fourth-order valence-electron chi connectivity index (χ4n) is 3.18. The second-order valence-corrected chi connectivity index (χ2v) is 8.46. The van der Waals surface area contributed by atoms with Crippen molar-refractivity contribution in [2.24, 2.45) is 0 Å². The molecule has 1 amide bonds. The Kier molecular flexibility index (Phi) is 5.70. The standard InChI is InChI=1S/C19H19F3N2O4S/c1-23(28-2)29(26,27)16-7-3-5-14(12-16)18(25)24-10-4-6-13-11-15(19(20,21)22)8-9-17(13)24/h3,5,7-9,11-12H,4,6,10H2,1-2H3. The predicted octanol–water partition coefficient (Wildman–Crippen LogP) is 3.48. The number of aryl methyl sites for hydroxylation is 1. The second kappa shape index (κ2) is 7.77. The van der Waals surface area contributed by atoms with Crippen LogP contribution in [-0.2, 0) is 27.5 Å². The van der Waals surface area contributed by atoms with Gasteiger partial charge in [-0.1, -0.05) is 10.5 Å². The molecule has 3 rings (SSSR count). The molecule has 10 heteroatoms. The van der Waals surface area contributed by atoms with E-state index in [0.29, 0.717) is 35.1 Å². The molecule has 0 saturated carbocycles. The van der Waals surface area contributed by atoms with Crippen molar-refractivity contribution in [1.82, 2.24) is 4.47 Å². The zero-order chi connectivity index (χ0) is 21.4. The number of rotatable bonds is 4. The van der Waals surface area contributed by atoms with Crippen molar-refractivity contribution in [1.29, 1.82) is 0 Å². The van der Waals surface area contributed by atoms with E-state index in [-0.39, 0.29) is 10.5 Å². The first-order valence-electron chi connectivity index (χ1n) is 8.71. The fourth-order valence-corrected chi connectivity index (χ4v) is 4.20. The molecule has 0 saturated heterocycles. The van der Waals surface area contributed by atoms with Crippen LogP contribution in [0.1, 0.15) is 27.9 Å². The number of anilines is 1. The van der Waals surface area contributed by atoms with Gasteiger partial charge < -0.3 is 4.90 Å². The number of hydroxylamine groups is 1. The number of sulfonamides is 1. The lowest BCUT2D eigenvalue weighted by atomic mass is 9.98. The summed E-state index contributed by atoms with van der Waals surface area (Å²) in [4.78, 5) is 19.0. The Hall–Kier alpha value is -2.43. The van der Waals surface area contributed by atoms with Crippen LogP contribution in [-0.4, -0.2) is 39.5 Å². The van der Waals surface area contributed by atoms with Gasteiger partial charge in [-0.2, -0.15) is 13.2 Å². The molecule has 0 spiro atoms. The van der Waals surface area contributed by atoms with Gasteiger partial charge in [0, 0.05) is 24.8 Å². The first kappa shape index (κ1) is 21.3. The molecule has 0 radical (unpaired) electrons. The number of hydrogen-bond donors (Lipinski definition) is 0. The van der Waals surface area contributed by atoms with E-state index in [2.05, 4.69) is 0 Å². The van der Waals surface area contributed by atoms with Crippen LogP contribution >= 0.6 is 0 Å². The predicted molar refractivity (Wildman–Crippen MR) is 99.8 cm³/mol. The highest BCUT2D eigenvalue weighted by atomic mass is 32.2. The van der Waals surface area contributed by atoms with E-state index in [1.165, 1.54) is 49.4 Å². The quantitative estimate of drug-likeness (QED) is 0.700. The van der Waals surface area contributed by atoms with Crippen molar-refractivity contribution in [3.63, 3.8) is 0 Å². The van der Waals surface area contributed by atoms with Gasteiger partial charge >= 0.3 is 6.18 Å². The summed E-state index contributed by atoms with van der Waals surface area (Å²) in [7, 11) is -1.52. The van der Waals surface area contributed by atoms with Crippen LogP contribution in [0, 0.1) is 0 Å². The topological polar surface area (TPSA) is 66.9 Å². The molecule has 2 aromatic rings. The molecule has 0 aromatic heterocycles. The van der Waals surface area contributed by atoms with Crippen molar-refractivity contribution in [3.8, 4) is 0 Å². The first-order chi connectivity index (χ1) is 13.6. The van der Waals surface area contributed by atoms with Gasteiger partial charge in [0.15, 0.2) is 0 Å². The molecular weight excluding hydrogens is 409 g/mol. The minimum Gasteiger partial charge on any atom is -0.308 e. The maximum absolute atomic E-state index is 13.0. The summed E-state index contributed by atoms with van der Waals surface area (Å²) in [6.45, 7) is 0.326. The summed E-state index contributed by atoms with van der Waals surface area (Å²) in [5.41, 5.74) is 0.184. The Balaban J connectivity index is 1.96. The third-order valence-electron chi connectivity index (χ3n) is 4.75. The summed E-state index contributed by atoms with van der Waals surface area (Å²) in [6, 6.07) is 8.75. The van der Waals surface area contributed by atoms with Crippen LogP contribution in [0.3, 0.4) is 0 Å². The highest BCUT2D eigenvalue weighted by molar-refractivity contribution is 7.89. The molecule has 6 nitrogen and oxygen atoms in total. The molecule has 0 atom stereocenters. The zero-order valence-corrected chi connectivity index (χ0v) is 16.5. The largest absolute Gasteiger partial charge is 0.416 e. The lowest BCUT2D eigenvalue weighted by molar-refractivity contribution is -0.137. The van der Waals surface area contributed by atoms with E-state index in [9.17, 15) is 26.4 Å². The smallest absolute Gasteiger partial charge is 0.308 e. The van der Waals surface area contributed by atoms with Gasteiger partial charge in [-0.25, -0.2) is 8.42 Å². The van der Waals surface area contributed by atoms with Crippen molar-refractivity contribution < 1.29 is 31.2 Å². The van der Waals surface area contributed by atoms with E-state index in [1.54, 1.807) is 0 Å². The monoisotopic (exact) mass is 428 g/mol. The molecular formula is C19H19F3N2O4S. The Morgan fingerprint density at radius 2 is 1.90 bits per heavy atom. The number of hydrogen-bond acceptors (Lipinski definition) is 4. The number of amides is 1. The number of halogens is 3. The number of fused-ring (bicyclic) bond motifs is 1. The number of alkyl halides is 3. The molecule has 0 N–H and O–H groups in total. The van der Waals surface area contributed by atoms with Crippen LogP contribution in [0.25, 0.3) is 0 Å². The highest BCUT2D eigenvalue weighted by Crippen LogP contribution is 2.35. The van der Waals surface area contributed by atoms with Gasteiger partial charge in [0.05, 0.1) is 17.6 Å². The lowest BCUT2D eigenvalue weighted by Gasteiger charge is -2.30. The third-order valence-corrected chi connectivity index (χ3v) is 6.42. The van der Waals surface area contributed by atoms with Gasteiger partial charge in [0.25, 0.3) is 15.9 Å². The molecule has 1 aliphatic rings.